The molecular weight excluding hydrogens is 515 g/mol. The Kier molecular flexibility index (Phi) is 9.16. The summed E-state index contributed by atoms with van der Waals surface area (Å²) in [5.41, 5.74) is 0.694. The topological polar surface area (TPSA) is 101 Å². The number of carbonyl (C=O) groups excluding carboxylic acids is 1. The van der Waals surface area contributed by atoms with E-state index < -0.39 is 12.1 Å². The van der Waals surface area contributed by atoms with Crippen LogP contribution in [0.5, 0.6) is 5.75 Å². The molecule has 0 atom stereocenters. The number of aliphatic carboxylic acids is 1. The number of hydrogen-bond acceptors (Lipinski definition) is 7. The second-order valence-electron chi connectivity index (χ2n) is 8.29. The van der Waals surface area contributed by atoms with Gasteiger partial charge in [0.05, 0.1) is 16.8 Å². The lowest BCUT2D eigenvalue weighted by Crippen LogP contribution is -2.47. The Labute approximate surface area is 214 Å². The second-order valence-corrected chi connectivity index (χ2v) is 9.31. The Morgan fingerprint density at radius 2 is 1.70 bits per heavy atom. The van der Waals surface area contributed by atoms with Crippen LogP contribution in [-0.2, 0) is 16.6 Å². The van der Waals surface area contributed by atoms with Crippen LogP contribution in [0, 0.1) is 0 Å². The molecule has 1 amide bonds. The van der Waals surface area contributed by atoms with Crippen LogP contribution in [0.25, 0.3) is 21.0 Å². The number of ether oxygens (including phenoxy) is 2. The largest absolute Gasteiger partial charge is 0.490 e. The lowest BCUT2D eigenvalue weighted by atomic mass is 10.1. The van der Waals surface area contributed by atoms with Crippen molar-refractivity contribution >= 4 is 44.2 Å². The lowest BCUT2D eigenvalue weighted by Gasteiger charge is -2.32. The van der Waals surface area contributed by atoms with Crippen LogP contribution in [0.4, 0.5) is 13.2 Å². The minimum Gasteiger partial charge on any atom is -0.489 e. The van der Waals surface area contributed by atoms with Crippen LogP contribution in [-0.4, -0.2) is 90.6 Å². The first kappa shape index (κ1) is 28.4. The molecule has 1 saturated heterocycles. The first-order valence-corrected chi connectivity index (χ1v) is 12.3. The van der Waals surface area contributed by atoms with Crippen LogP contribution in [0.2, 0.25) is 0 Å². The third kappa shape index (κ3) is 6.40. The van der Waals surface area contributed by atoms with Gasteiger partial charge in [0.25, 0.3) is 11.5 Å². The zero-order valence-electron chi connectivity index (χ0n) is 20.6. The number of likely N-dealkylation sites (N-methyl/N-ethyl adjacent to an activating group) is 1. The fraction of sp³-hybridized carbons (Fsp3) is 0.458. The number of hydrogen-bond donors (Lipinski definition) is 1. The minimum atomic E-state index is -5.08. The van der Waals surface area contributed by atoms with Gasteiger partial charge in [-0.1, -0.05) is 18.2 Å². The highest BCUT2D eigenvalue weighted by atomic mass is 32.1. The van der Waals surface area contributed by atoms with E-state index in [1.54, 1.807) is 11.6 Å². The summed E-state index contributed by atoms with van der Waals surface area (Å²) in [6.07, 6.45) is -5.08. The highest BCUT2D eigenvalue weighted by molar-refractivity contribution is 7.22. The molecule has 0 saturated carbocycles. The molecule has 37 heavy (non-hydrogen) atoms. The number of fused-ring (bicyclic) bond motifs is 3. The van der Waals surface area contributed by atoms with E-state index in [4.69, 9.17) is 19.4 Å². The van der Waals surface area contributed by atoms with E-state index in [0.29, 0.717) is 48.9 Å². The Morgan fingerprint density at radius 3 is 2.30 bits per heavy atom. The summed E-state index contributed by atoms with van der Waals surface area (Å²) in [5.74, 6) is -2.43. The van der Waals surface area contributed by atoms with Crippen molar-refractivity contribution in [3.05, 3.63) is 39.5 Å². The van der Waals surface area contributed by atoms with Crippen molar-refractivity contribution in [2.75, 3.05) is 53.0 Å². The molecule has 9 nitrogen and oxygen atoms in total. The molecule has 1 aliphatic heterocycles. The number of amides is 1. The zero-order valence-corrected chi connectivity index (χ0v) is 21.4. The van der Waals surface area contributed by atoms with E-state index in [1.165, 1.54) is 11.3 Å². The predicted molar refractivity (Wildman–Crippen MR) is 134 cm³/mol. The number of alkyl halides is 3. The number of rotatable bonds is 6. The Hall–Kier alpha value is -3.16. The van der Waals surface area contributed by atoms with E-state index in [-0.39, 0.29) is 11.5 Å². The maximum atomic E-state index is 13.4. The van der Waals surface area contributed by atoms with E-state index in [1.807, 2.05) is 36.1 Å². The maximum absolute atomic E-state index is 13.4. The Bertz CT molecular complexity index is 1330. The maximum Gasteiger partial charge on any atom is 0.490 e. The number of pyridine rings is 1. The fourth-order valence-electron chi connectivity index (χ4n) is 3.81. The van der Waals surface area contributed by atoms with Gasteiger partial charge in [0.1, 0.15) is 16.9 Å². The van der Waals surface area contributed by atoms with Gasteiger partial charge >= 0.3 is 12.1 Å². The van der Waals surface area contributed by atoms with Gasteiger partial charge in [0, 0.05) is 45.2 Å². The third-order valence-corrected chi connectivity index (χ3v) is 6.99. The molecule has 3 aromatic rings. The van der Waals surface area contributed by atoms with Crippen molar-refractivity contribution in [1.82, 2.24) is 14.4 Å². The molecule has 1 fully saturated rings. The van der Waals surface area contributed by atoms with Crippen LogP contribution >= 0.6 is 11.3 Å². The number of carbonyl (C=O) groups is 2. The van der Waals surface area contributed by atoms with Gasteiger partial charge in [-0.25, -0.2) is 4.79 Å². The molecule has 2 aromatic heterocycles. The molecule has 0 unspecified atom stereocenters. The second kappa shape index (κ2) is 11.9. The molecule has 0 bridgehead atoms. The Balaban J connectivity index is 0.000000479. The number of halogens is 3. The predicted octanol–water partition coefficient (Wildman–Crippen LogP) is 3.19. The molecule has 202 valence electrons. The summed E-state index contributed by atoms with van der Waals surface area (Å²) in [5, 5.41) is 8.56. The van der Waals surface area contributed by atoms with Gasteiger partial charge < -0.3 is 28.9 Å². The number of nitrogens with zero attached hydrogens (tertiary/aromatic N) is 3. The van der Waals surface area contributed by atoms with Crippen molar-refractivity contribution in [3.8, 4) is 5.75 Å². The molecule has 0 radical (unpaired) electrons. The van der Waals surface area contributed by atoms with E-state index in [9.17, 15) is 22.8 Å². The van der Waals surface area contributed by atoms with Gasteiger partial charge in [0.15, 0.2) is 5.75 Å². The summed E-state index contributed by atoms with van der Waals surface area (Å²) in [6.45, 7) is 6.21. The van der Waals surface area contributed by atoms with E-state index in [0.717, 1.165) is 28.7 Å². The van der Waals surface area contributed by atoms with Gasteiger partial charge in [0.2, 0.25) is 0 Å². The smallest absolute Gasteiger partial charge is 0.489 e. The molecule has 0 aliphatic carbocycles. The standard InChI is InChI=1S/C22H27N3O4S.C2HF3O2/c1-4-28-13-14-29-18-17-19(15-7-5-6-8-16(15)24(3)21(17)26)30-20(18)22(27)25-11-9-23(2)10-12-25;3-2(4,5)1(6)7/h5-8H,4,9-14H2,1-3H3;(H,6,7). The van der Waals surface area contributed by atoms with Crippen LogP contribution in [0.3, 0.4) is 0 Å². The number of carboxylic acid groups (broad SMARTS) is 1. The number of thiophene rings is 1. The van der Waals surface area contributed by atoms with Crippen molar-refractivity contribution in [2.45, 2.75) is 13.1 Å². The first-order chi connectivity index (χ1) is 17.5. The summed E-state index contributed by atoms with van der Waals surface area (Å²) < 4.78 is 45.6. The van der Waals surface area contributed by atoms with E-state index in [2.05, 4.69) is 11.9 Å². The molecule has 3 heterocycles. The molecule has 1 aliphatic rings. The molecule has 1 N–H and O–H groups in total. The summed E-state index contributed by atoms with van der Waals surface area (Å²) in [6, 6.07) is 7.77. The number of aryl methyl sites for hydroxylation is 1. The Morgan fingerprint density at radius 1 is 1.08 bits per heavy atom. The molecular formula is C24H28F3N3O6S. The average Bonchev–Trinajstić information content (AvgIpc) is 3.25. The van der Waals surface area contributed by atoms with Gasteiger partial charge in [-0.2, -0.15) is 13.2 Å². The number of para-hydroxylation sites is 1. The fourth-order valence-corrected chi connectivity index (χ4v) is 5.05. The average molecular weight is 544 g/mol. The van der Waals surface area contributed by atoms with Crippen molar-refractivity contribution in [2.24, 2.45) is 7.05 Å². The number of carboxylic acids is 1. The highest BCUT2D eigenvalue weighted by Gasteiger charge is 2.38. The number of benzene rings is 1. The molecule has 0 spiro atoms. The molecule has 4 rings (SSSR count). The van der Waals surface area contributed by atoms with E-state index >= 15 is 0 Å². The van der Waals surface area contributed by atoms with Crippen LogP contribution in [0.15, 0.2) is 29.1 Å². The summed E-state index contributed by atoms with van der Waals surface area (Å²) in [7, 11) is 3.81. The number of aromatic nitrogens is 1. The van der Waals surface area contributed by atoms with Crippen molar-refractivity contribution in [3.63, 3.8) is 0 Å². The normalized spacial score (nSPS) is 14.5. The minimum absolute atomic E-state index is 0.0677. The van der Waals surface area contributed by atoms with Gasteiger partial charge in [-0.3, -0.25) is 9.59 Å². The summed E-state index contributed by atoms with van der Waals surface area (Å²) in [4.78, 5) is 40.1. The SMILES string of the molecule is CCOCCOc1c(C(=O)N2CCN(C)CC2)sc2c1c(=O)n(C)c1ccccc21.O=C(O)C(F)(F)F. The quantitative estimate of drug-likeness (QED) is 0.477. The first-order valence-electron chi connectivity index (χ1n) is 11.5. The van der Waals surface area contributed by atoms with Crippen LogP contribution < -0.4 is 10.3 Å². The number of piperazine rings is 1. The summed E-state index contributed by atoms with van der Waals surface area (Å²) >= 11 is 1.36. The zero-order chi connectivity index (χ0) is 27.3. The molecule has 1 aromatic carbocycles. The van der Waals surface area contributed by atoms with Crippen LogP contribution in [0.1, 0.15) is 16.6 Å². The van der Waals surface area contributed by atoms with Gasteiger partial charge in [-0.15, -0.1) is 11.3 Å². The molecule has 13 heteroatoms. The van der Waals surface area contributed by atoms with Crippen molar-refractivity contribution < 1.29 is 37.3 Å². The van der Waals surface area contributed by atoms with Gasteiger partial charge in [-0.05, 0) is 20.0 Å². The van der Waals surface area contributed by atoms with Crippen molar-refractivity contribution in [1.29, 1.82) is 0 Å². The monoisotopic (exact) mass is 543 g/mol. The highest BCUT2D eigenvalue weighted by Crippen LogP contribution is 2.40. The third-order valence-electron chi connectivity index (χ3n) is 5.80. The lowest BCUT2D eigenvalue weighted by molar-refractivity contribution is -0.192.